The zero-order valence-electron chi connectivity index (χ0n) is 10.2. The molecular weight excluding hydrogens is 227 g/mol. The van der Waals surface area contributed by atoms with Crippen molar-refractivity contribution in [2.45, 2.75) is 58.8 Å². The van der Waals surface area contributed by atoms with Crippen molar-refractivity contribution in [1.29, 1.82) is 0 Å². The van der Waals surface area contributed by atoms with Gasteiger partial charge in [-0.25, -0.2) is 0 Å². The van der Waals surface area contributed by atoms with Crippen molar-refractivity contribution in [3.05, 3.63) is 0 Å². The number of rotatable bonds is 9. The molecule has 0 saturated heterocycles. The Hall–Kier alpha value is -0.180. The van der Waals surface area contributed by atoms with Crippen molar-refractivity contribution in [1.82, 2.24) is 0 Å². The van der Waals surface area contributed by atoms with Crippen LogP contribution in [0.15, 0.2) is 0 Å². The van der Waals surface area contributed by atoms with Crippen LogP contribution < -0.4 is 0 Å². The summed E-state index contributed by atoms with van der Waals surface area (Å²) in [5.41, 5.74) is -0.922. The maximum atomic E-state index is 10.9. The zero-order chi connectivity index (χ0) is 12.6. The van der Waals surface area contributed by atoms with Gasteiger partial charge >= 0.3 is 7.60 Å². The topological polar surface area (TPSA) is 74.6 Å². The van der Waals surface area contributed by atoms with E-state index < -0.39 is 13.1 Å². The normalized spacial score (nSPS) is 12.1. The summed E-state index contributed by atoms with van der Waals surface area (Å²) in [6.07, 6.45) is 6.08. The van der Waals surface area contributed by atoms with Gasteiger partial charge < -0.3 is 9.79 Å². The fourth-order valence-corrected chi connectivity index (χ4v) is 1.95. The number of carbonyl (C=O) groups is 1. The van der Waals surface area contributed by atoms with Crippen LogP contribution in [0.2, 0.25) is 0 Å². The van der Waals surface area contributed by atoms with Crippen LogP contribution in [0.25, 0.3) is 0 Å². The van der Waals surface area contributed by atoms with Crippen molar-refractivity contribution in [3.63, 3.8) is 0 Å². The summed E-state index contributed by atoms with van der Waals surface area (Å²) in [4.78, 5) is 28.0. The summed E-state index contributed by atoms with van der Waals surface area (Å²) in [6.45, 7) is 4.39. The van der Waals surface area contributed by atoms with Crippen LogP contribution in [0.1, 0.15) is 58.8 Å². The predicted molar refractivity (Wildman–Crippen MR) is 64.2 cm³/mol. The second-order valence-electron chi connectivity index (χ2n) is 4.64. The highest BCUT2D eigenvalue weighted by atomic mass is 31.2. The van der Waals surface area contributed by atoms with Gasteiger partial charge in [0.05, 0.1) is 0 Å². The van der Waals surface area contributed by atoms with Crippen molar-refractivity contribution < 1.29 is 19.1 Å². The molecule has 0 saturated carbocycles. The number of unbranched alkanes of at least 4 members (excludes halogenated alkanes) is 4. The predicted octanol–water partition coefficient (Wildman–Crippen LogP) is 3.08. The van der Waals surface area contributed by atoms with Gasteiger partial charge in [0.25, 0.3) is 0 Å². The van der Waals surface area contributed by atoms with Gasteiger partial charge in [-0.2, -0.15) is 0 Å². The Kier molecular flexibility index (Phi) is 7.90. The molecule has 0 aliphatic rings. The third-order valence-corrected chi connectivity index (χ3v) is 3.37. The molecule has 0 rings (SSSR count). The van der Waals surface area contributed by atoms with Gasteiger partial charge in [0.15, 0.2) is 0 Å². The molecule has 4 nitrogen and oxygen atoms in total. The third-order valence-electron chi connectivity index (χ3n) is 2.50. The van der Waals surface area contributed by atoms with Crippen LogP contribution in [0.5, 0.6) is 0 Å². The molecule has 0 heterocycles. The van der Waals surface area contributed by atoms with Crippen LogP contribution in [0.4, 0.5) is 0 Å². The summed E-state index contributed by atoms with van der Waals surface area (Å²) in [5, 5.41) is 0. The van der Waals surface area contributed by atoms with E-state index >= 15 is 0 Å². The highest BCUT2D eigenvalue weighted by Gasteiger charge is 2.24. The highest BCUT2D eigenvalue weighted by Crippen LogP contribution is 2.37. The first-order chi connectivity index (χ1) is 7.34. The lowest BCUT2D eigenvalue weighted by Gasteiger charge is -2.04. The molecule has 16 heavy (non-hydrogen) atoms. The minimum Gasteiger partial charge on any atom is -0.319 e. The minimum absolute atomic E-state index is 0.00839. The average Bonchev–Trinajstić information content (AvgIpc) is 2.14. The molecule has 0 bridgehead atoms. The van der Waals surface area contributed by atoms with Gasteiger partial charge in [0, 0.05) is 6.42 Å². The van der Waals surface area contributed by atoms with E-state index in [0.717, 1.165) is 25.2 Å². The summed E-state index contributed by atoms with van der Waals surface area (Å²) in [6, 6.07) is 0. The molecule has 0 aliphatic heterocycles. The maximum absolute atomic E-state index is 10.9. The summed E-state index contributed by atoms with van der Waals surface area (Å²) >= 11 is 0. The molecule has 0 aromatic carbocycles. The van der Waals surface area contributed by atoms with Gasteiger partial charge in [0.1, 0.15) is 0 Å². The smallest absolute Gasteiger partial charge is 0.319 e. The summed E-state index contributed by atoms with van der Waals surface area (Å²) in [5.74, 6) is 0.733. The SMILES string of the molecule is CC(C)CCCCCCCC(=O)P(=O)(O)O. The molecule has 96 valence electrons. The van der Waals surface area contributed by atoms with E-state index in [1.165, 1.54) is 12.8 Å². The van der Waals surface area contributed by atoms with E-state index in [2.05, 4.69) is 13.8 Å². The molecule has 0 fully saturated rings. The van der Waals surface area contributed by atoms with Gasteiger partial charge in [-0.3, -0.25) is 9.36 Å². The highest BCUT2D eigenvalue weighted by molar-refractivity contribution is 7.70. The molecule has 0 amide bonds. The van der Waals surface area contributed by atoms with E-state index in [1.807, 2.05) is 0 Å². The molecule has 5 heteroatoms. The van der Waals surface area contributed by atoms with Crippen molar-refractivity contribution in [2.75, 3.05) is 0 Å². The van der Waals surface area contributed by atoms with Crippen molar-refractivity contribution >= 4 is 13.1 Å². The van der Waals surface area contributed by atoms with Crippen molar-refractivity contribution in [3.8, 4) is 0 Å². The number of hydrogen-bond donors (Lipinski definition) is 2. The molecule has 0 atom stereocenters. The number of hydrogen-bond acceptors (Lipinski definition) is 2. The molecule has 0 spiro atoms. The molecular formula is C11H23O4P. The van der Waals surface area contributed by atoms with Crippen LogP contribution in [-0.4, -0.2) is 15.3 Å². The third kappa shape index (κ3) is 9.08. The number of carbonyl (C=O) groups excluding carboxylic acids is 1. The van der Waals surface area contributed by atoms with E-state index in [0.29, 0.717) is 6.42 Å². The first-order valence-electron chi connectivity index (χ1n) is 5.93. The van der Waals surface area contributed by atoms with Crippen molar-refractivity contribution in [2.24, 2.45) is 5.92 Å². The monoisotopic (exact) mass is 250 g/mol. The van der Waals surface area contributed by atoms with Crippen LogP contribution >= 0.6 is 7.60 Å². The second kappa shape index (κ2) is 7.99. The fraction of sp³-hybridized carbons (Fsp3) is 0.909. The Morgan fingerprint density at radius 1 is 1.06 bits per heavy atom. The molecule has 0 aromatic rings. The first-order valence-corrected chi connectivity index (χ1v) is 7.54. The Morgan fingerprint density at radius 2 is 1.56 bits per heavy atom. The van der Waals surface area contributed by atoms with E-state index in [-0.39, 0.29) is 6.42 Å². The average molecular weight is 250 g/mol. The van der Waals surface area contributed by atoms with E-state index in [4.69, 9.17) is 9.79 Å². The Bertz CT molecular complexity index is 244. The van der Waals surface area contributed by atoms with Gasteiger partial charge in [-0.15, -0.1) is 0 Å². The van der Waals surface area contributed by atoms with Gasteiger partial charge in [0.2, 0.25) is 5.52 Å². The molecule has 0 unspecified atom stereocenters. The maximum Gasteiger partial charge on any atom is 0.391 e. The summed E-state index contributed by atoms with van der Waals surface area (Å²) in [7, 11) is -4.47. The van der Waals surface area contributed by atoms with Crippen LogP contribution in [0, 0.1) is 5.92 Å². The van der Waals surface area contributed by atoms with Crippen LogP contribution in [-0.2, 0) is 9.36 Å². The lowest BCUT2D eigenvalue weighted by Crippen LogP contribution is -1.98. The summed E-state index contributed by atoms with van der Waals surface area (Å²) < 4.78 is 10.5. The minimum atomic E-state index is -4.47. The van der Waals surface area contributed by atoms with E-state index in [1.54, 1.807) is 0 Å². The van der Waals surface area contributed by atoms with Crippen LogP contribution in [0.3, 0.4) is 0 Å². The molecule has 0 aliphatic carbocycles. The van der Waals surface area contributed by atoms with Gasteiger partial charge in [-0.1, -0.05) is 46.0 Å². The Labute approximate surface area is 97.6 Å². The fourth-order valence-electron chi connectivity index (χ4n) is 1.50. The lowest BCUT2D eigenvalue weighted by molar-refractivity contribution is -0.113. The van der Waals surface area contributed by atoms with E-state index in [9.17, 15) is 9.36 Å². The second-order valence-corrected chi connectivity index (χ2v) is 6.22. The lowest BCUT2D eigenvalue weighted by atomic mass is 10.0. The standard InChI is InChI=1S/C11H23O4P/c1-10(2)8-6-4-3-5-7-9-11(12)16(13,14)15/h10H,3-9H2,1-2H3,(H2,13,14,15). The zero-order valence-corrected chi connectivity index (χ0v) is 11.1. The first kappa shape index (κ1) is 15.8. The Morgan fingerprint density at radius 3 is 2.06 bits per heavy atom. The molecule has 0 radical (unpaired) electrons. The molecule has 2 N–H and O–H groups in total. The molecule has 0 aromatic heterocycles. The largest absolute Gasteiger partial charge is 0.391 e. The Balaban J connectivity index is 3.35. The van der Waals surface area contributed by atoms with Gasteiger partial charge in [-0.05, 0) is 12.3 Å². The quantitative estimate of drug-likeness (QED) is 0.487.